The van der Waals surface area contributed by atoms with E-state index in [2.05, 4.69) is 0 Å². The molecule has 1 fully saturated rings. The van der Waals surface area contributed by atoms with Gasteiger partial charge in [0.1, 0.15) is 11.3 Å². The van der Waals surface area contributed by atoms with E-state index in [-0.39, 0.29) is 22.3 Å². The predicted octanol–water partition coefficient (Wildman–Crippen LogP) is 4.23. The number of anilines is 1. The molecule has 3 aromatic rings. The molecule has 1 aliphatic heterocycles. The van der Waals surface area contributed by atoms with Crippen molar-refractivity contribution < 1.29 is 22.7 Å². The molecule has 1 aromatic heterocycles. The highest BCUT2D eigenvalue weighted by molar-refractivity contribution is 7.91. The van der Waals surface area contributed by atoms with Crippen molar-refractivity contribution in [3.05, 3.63) is 47.5 Å². The third-order valence-electron chi connectivity index (χ3n) is 5.63. The zero-order valence-electron chi connectivity index (χ0n) is 18.3. The Bertz CT molecular complexity index is 1250. The number of benzene rings is 2. The van der Waals surface area contributed by atoms with Gasteiger partial charge in [-0.15, -0.1) is 0 Å². The van der Waals surface area contributed by atoms with Gasteiger partial charge in [-0.1, -0.05) is 36.5 Å². The summed E-state index contributed by atoms with van der Waals surface area (Å²) >= 11 is 1.40. The number of rotatable bonds is 7. The number of nitrogens with zero attached hydrogens (tertiary/aromatic N) is 2. The molecule has 0 radical (unpaired) electrons. The first kappa shape index (κ1) is 22.7. The fourth-order valence-corrected chi connectivity index (χ4v) is 5.98. The van der Waals surface area contributed by atoms with Gasteiger partial charge in [-0.25, -0.2) is 13.4 Å². The van der Waals surface area contributed by atoms with Crippen LogP contribution in [0.5, 0.6) is 5.75 Å². The van der Waals surface area contributed by atoms with E-state index in [0.717, 1.165) is 23.1 Å². The lowest BCUT2D eigenvalue weighted by Crippen LogP contribution is -2.38. The fraction of sp³-hybridized carbons (Fsp3) is 0.391. The SMILES string of the molecule is CCS(=O)(=O)c1ccccc1C(=O)N(CC1CCCO1)c1nc2c(OC)ccc(C)c2s1. The maximum absolute atomic E-state index is 13.8. The summed E-state index contributed by atoms with van der Waals surface area (Å²) in [4.78, 5) is 20.1. The molecule has 0 bridgehead atoms. The lowest BCUT2D eigenvalue weighted by atomic mass is 10.1. The van der Waals surface area contributed by atoms with Gasteiger partial charge in [0.25, 0.3) is 5.91 Å². The van der Waals surface area contributed by atoms with Crippen molar-refractivity contribution in [1.29, 1.82) is 0 Å². The Balaban J connectivity index is 1.83. The zero-order chi connectivity index (χ0) is 22.9. The number of carbonyl (C=O) groups is 1. The molecule has 2 aromatic carbocycles. The van der Waals surface area contributed by atoms with Crippen LogP contribution in [0.25, 0.3) is 10.2 Å². The van der Waals surface area contributed by atoms with E-state index < -0.39 is 15.7 Å². The summed E-state index contributed by atoms with van der Waals surface area (Å²) in [6.45, 7) is 4.52. The van der Waals surface area contributed by atoms with Crippen molar-refractivity contribution in [3.8, 4) is 5.75 Å². The Morgan fingerprint density at radius 3 is 2.75 bits per heavy atom. The second kappa shape index (κ2) is 9.17. The number of aryl methyl sites for hydroxylation is 1. The monoisotopic (exact) mass is 474 g/mol. The topological polar surface area (TPSA) is 85.8 Å². The lowest BCUT2D eigenvalue weighted by Gasteiger charge is -2.24. The average Bonchev–Trinajstić information content (AvgIpc) is 3.48. The van der Waals surface area contributed by atoms with Gasteiger partial charge in [-0.05, 0) is 43.5 Å². The summed E-state index contributed by atoms with van der Waals surface area (Å²) < 4.78 is 37.5. The third-order valence-corrected chi connectivity index (χ3v) is 8.63. The number of hydrogen-bond donors (Lipinski definition) is 0. The molecule has 9 heteroatoms. The molecule has 1 atom stereocenters. The highest BCUT2D eigenvalue weighted by Crippen LogP contribution is 2.37. The van der Waals surface area contributed by atoms with Crippen molar-refractivity contribution in [2.45, 2.75) is 37.7 Å². The number of methoxy groups -OCH3 is 1. The molecular formula is C23H26N2O5S2. The van der Waals surface area contributed by atoms with Gasteiger partial charge in [0.15, 0.2) is 15.0 Å². The maximum Gasteiger partial charge on any atom is 0.261 e. The molecule has 2 heterocycles. The molecule has 4 rings (SSSR count). The minimum atomic E-state index is -3.57. The van der Waals surface area contributed by atoms with Crippen LogP contribution in [0.4, 0.5) is 5.13 Å². The number of carbonyl (C=O) groups excluding carboxylic acids is 1. The van der Waals surface area contributed by atoms with Gasteiger partial charge in [0.2, 0.25) is 0 Å². The summed E-state index contributed by atoms with van der Waals surface area (Å²) in [5.74, 6) is 0.149. The van der Waals surface area contributed by atoms with Crippen molar-refractivity contribution in [2.75, 3.05) is 30.9 Å². The third kappa shape index (κ3) is 4.24. The zero-order valence-corrected chi connectivity index (χ0v) is 20.0. The van der Waals surface area contributed by atoms with E-state index in [1.807, 2.05) is 19.1 Å². The van der Waals surface area contributed by atoms with Crippen LogP contribution in [0.3, 0.4) is 0 Å². The largest absolute Gasteiger partial charge is 0.494 e. The van der Waals surface area contributed by atoms with Gasteiger partial charge < -0.3 is 9.47 Å². The van der Waals surface area contributed by atoms with Crippen LogP contribution >= 0.6 is 11.3 Å². The number of fused-ring (bicyclic) bond motifs is 1. The Kier molecular flexibility index (Phi) is 6.50. The molecule has 0 N–H and O–H groups in total. The summed E-state index contributed by atoms with van der Waals surface area (Å²) in [5.41, 5.74) is 1.87. The van der Waals surface area contributed by atoms with Crippen molar-refractivity contribution in [2.24, 2.45) is 0 Å². The number of aromatic nitrogens is 1. The Morgan fingerprint density at radius 1 is 1.28 bits per heavy atom. The summed E-state index contributed by atoms with van der Waals surface area (Å²) in [5, 5.41) is 0.497. The molecule has 170 valence electrons. The van der Waals surface area contributed by atoms with Crippen molar-refractivity contribution in [3.63, 3.8) is 0 Å². The minimum absolute atomic E-state index is 0.0414. The molecule has 1 unspecified atom stereocenters. The fourth-order valence-electron chi connectivity index (χ4n) is 3.83. The second-order valence-electron chi connectivity index (χ2n) is 7.71. The van der Waals surface area contributed by atoms with Gasteiger partial charge in [0, 0.05) is 6.61 Å². The normalized spacial score (nSPS) is 16.4. The number of sulfone groups is 1. The van der Waals surface area contributed by atoms with Crippen LogP contribution in [0.2, 0.25) is 0 Å². The van der Waals surface area contributed by atoms with Crippen LogP contribution in [-0.4, -0.2) is 51.4 Å². The predicted molar refractivity (Wildman–Crippen MR) is 126 cm³/mol. The molecule has 1 aliphatic rings. The van der Waals surface area contributed by atoms with Crippen LogP contribution < -0.4 is 9.64 Å². The molecule has 32 heavy (non-hydrogen) atoms. The highest BCUT2D eigenvalue weighted by atomic mass is 32.2. The minimum Gasteiger partial charge on any atom is -0.494 e. The molecule has 0 spiro atoms. The van der Waals surface area contributed by atoms with Crippen LogP contribution in [0, 0.1) is 6.92 Å². The first-order chi connectivity index (χ1) is 15.4. The summed E-state index contributed by atoms with van der Waals surface area (Å²) in [7, 11) is -1.99. The highest BCUT2D eigenvalue weighted by Gasteiger charge is 2.30. The first-order valence-electron chi connectivity index (χ1n) is 10.5. The van der Waals surface area contributed by atoms with E-state index in [1.54, 1.807) is 37.1 Å². The van der Waals surface area contributed by atoms with Crippen LogP contribution in [0.1, 0.15) is 35.7 Å². The first-order valence-corrected chi connectivity index (χ1v) is 13.0. The smallest absolute Gasteiger partial charge is 0.261 e. The van der Waals surface area contributed by atoms with Crippen molar-refractivity contribution in [1.82, 2.24) is 4.98 Å². The van der Waals surface area contributed by atoms with Gasteiger partial charge in [-0.3, -0.25) is 9.69 Å². The average molecular weight is 475 g/mol. The van der Waals surface area contributed by atoms with Gasteiger partial charge >= 0.3 is 0 Å². The number of ether oxygens (including phenoxy) is 2. The van der Waals surface area contributed by atoms with E-state index in [9.17, 15) is 13.2 Å². The summed E-state index contributed by atoms with van der Waals surface area (Å²) in [6.07, 6.45) is 1.65. The molecule has 1 saturated heterocycles. The standard InChI is InChI=1S/C23H26N2O5S2/c1-4-32(27,28)19-10-6-5-9-17(19)22(26)25(14-16-8-7-13-30-16)23-24-20-18(29-3)12-11-15(2)21(20)31-23/h5-6,9-12,16H,4,7-8,13-14H2,1-3H3. The van der Waals surface area contributed by atoms with Gasteiger partial charge in [-0.2, -0.15) is 0 Å². The lowest BCUT2D eigenvalue weighted by molar-refractivity contribution is 0.0915. The number of thiazole rings is 1. The number of hydrogen-bond acceptors (Lipinski definition) is 7. The van der Waals surface area contributed by atoms with E-state index in [0.29, 0.717) is 29.5 Å². The van der Waals surface area contributed by atoms with E-state index >= 15 is 0 Å². The molecule has 0 saturated carbocycles. The maximum atomic E-state index is 13.8. The van der Waals surface area contributed by atoms with Gasteiger partial charge in [0.05, 0.1) is 40.7 Å². The van der Waals surface area contributed by atoms with Crippen LogP contribution in [-0.2, 0) is 14.6 Å². The Hall–Kier alpha value is -2.49. The molecule has 0 aliphatic carbocycles. The van der Waals surface area contributed by atoms with E-state index in [1.165, 1.54) is 17.4 Å². The summed E-state index contributed by atoms with van der Waals surface area (Å²) in [6, 6.07) is 10.2. The molecule has 7 nitrogen and oxygen atoms in total. The van der Waals surface area contributed by atoms with E-state index in [4.69, 9.17) is 14.5 Å². The molecular weight excluding hydrogens is 448 g/mol. The van der Waals surface area contributed by atoms with Crippen molar-refractivity contribution >= 4 is 42.4 Å². The second-order valence-corrected chi connectivity index (χ2v) is 10.9. The molecule has 1 amide bonds. The van der Waals surface area contributed by atoms with Crippen LogP contribution in [0.15, 0.2) is 41.3 Å². The number of amides is 1. The quantitative estimate of drug-likeness (QED) is 0.509. The Labute approximate surface area is 191 Å². The Morgan fingerprint density at radius 2 is 2.06 bits per heavy atom.